The van der Waals surface area contributed by atoms with Gasteiger partial charge in [0.25, 0.3) is 0 Å². The van der Waals surface area contributed by atoms with Gasteiger partial charge in [-0.05, 0) is 0 Å². The Labute approximate surface area is 110 Å². The Morgan fingerprint density at radius 2 is 1.42 bits per heavy atom. The van der Waals surface area contributed by atoms with Crippen LogP contribution in [0.25, 0.3) is 0 Å². The van der Waals surface area contributed by atoms with E-state index in [0.29, 0.717) is 19.4 Å². The highest BCUT2D eigenvalue weighted by Gasteiger charge is 2.28. The van der Waals surface area contributed by atoms with Gasteiger partial charge in [0.05, 0.1) is 27.7 Å². The first kappa shape index (κ1) is 17.9. The molecule has 0 aromatic heterocycles. The van der Waals surface area contributed by atoms with Crippen molar-refractivity contribution in [1.29, 1.82) is 0 Å². The molecule has 0 radical (unpaired) electrons. The van der Waals surface area contributed by atoms with Crippen LogP contribution in [0.1, 0.15) is 19.3 Å². The summed E-state index contributed by atoms with van der Waals surface area (Å²) in [6.07, 6.45) is 1.70. The Morgan fingerprint density at radius 3 is 1.74 bits per heavy atom. The van der Waals surface area contributed by atoms with E-state index in [2.05, 4.69) is 21.1 Å². The van der Waals surface area contributed by atoms with Crippen LogP contribution in [0.5, 0.6) is 0 Å². The molecule has 0 bridgehead atoms. The van der Waals surface area contributed by atoms with Crippen molar-refractivity contribution in [3.63, 3.8) is 0 Å². The Kier molecular flexibility index (Phi) is 6.48. The van der Waals surface area contributed by atoms with E-state index in [0.717, 1.165) is 17.4 Å². The maximum Gasteiger partial charge on any atom is 0.673 e. The number of hydrogen-bond acceptors (Lipinski definition) is 2. The lowest BCUT2D eigenvalue weighted by Crippen LogP contribution is -2.38. The average Bonchev–Trinajstić information content (AvgIpc) is 2.44. The monoisotopic (exact) mass is 286 g/mol. The number of likely N-dealkylation sites (tertiary alicyclic amines) is 1. The topological polar surface area (TPSA) is 37.4 Å². The second-order valence-corrected chi connectivity index (χ2v) is 5.30. The molecule has 2 amide bonds. The maximum absolute atomic E-state index is 11.2. The minimum Gasteiger partial charge on any atom is -0.418 e. The molecule has 0 saturated carbocycles. The molecule has 0 aliphatic carbocycles. The van der Waals surface area contributed by atoms with Crippen molar-refractivity contribution in [3.8, 4) is 0 Å². The van der Waals surface area contributed by atoms with E-state index in [1.54, 1.807) is 0 Å². The van der Waals surface area contributed by atoms with Gasteiger partial charge in [-0.25, -0.2) is 0 Å². The van der Waals surface area contributed by atoms with Crippen molar-refractivity contribution in [3.05, 3.63) is 0 Å². The summed E-state index contributed by atoms with van der Waals surface area (Å²) in [5.74, 6) is -0.00665. The van der Waals surface area contributed by atoms with Gasteiger partial charge in [-0.2, -0.15) is 0 Å². The zero-order chi connectivity index (χ0) is 15.3. The van der Waals surface area contributed by atoms with Crippen LogP contribution in [0.15, 0.2) is 0 Å². The van der Waals surface area contributed by atoms with Gasteiger partial charge in [-0.15, -0.1) is 0 Å². The van der Waals surface area contributed by atoms with Crippen molar-refractivity contribution >= 4 is 19.1 Å². The van der Waals surface area contributed by atoms with Gasteiger partial charge < -0.3 is 21.7 Å². The summed E-state index contributed by atoms with van der Waals surface area (Å²) in [5.41, 5.74) is 0. The molecule has 1 fully saturated rings. The number of imide groups is 1. The number of rotatable bonds is 4. The molecule has 0 aromatic rings. The molecule has 0 aromatic carbocycles. The third kappa shape index (κ3) is 10.5. The summed E-state index contributed by atoms with van der Waals surface area (Å²) in [4.78, 5) is 23.9. The van der Waals surface area contributed by atoms with E-state index in [1.165, 1.54) is 4.90 Å². The van der Waals surface area contributed by atoms with Crippen molar-refractivity contribution in [2.45, 2.75) is 19.3 Å². The molecular weight excluding hydrogens is 267 g/mol. The van der Waals surface area contributed by atoms with E-state index in [-0.39, 0.29) is 11.8 Å². The summed E-state index contributed by atoms with van der Waals surface area (Å²) in [5, 5.41) is 0. The highest BCUT2D eigenvalue weighted by Crippen LogP contribution is 2.12. The van der Waals surface area contributed by atoms with Crippen LogP contribution < -0.4 is 0 Å². The summed E-state index contributed by atoms with van der Waals surface area (Å²) in [7, 11) is 0.314. The van der Waals surface area contributed by atoms with Crippen molar-refractivity contribution in [1.82, 2.24) is 4.90 Å². The van der Waals surface area contributed by atoms with Crippen LogP contribution in [0, 0.1) is 0 Å². The first-order valence-corrected chi connectivity index (χ1v) is 5.91. The molecule has 1 heterocycles. The highest BCUT2D eigenvalue weighted by atomic mass is 19.5. The second-order valence-electron chi connectivity index (χ2n) is 5.30. The van der Waals surface area contributed by atoms with Crippen LogP contribution in [0.4, 0.5) is 17.3 Å². The lowest BCUT2D eigenvalue weighted by atomic mass is 10.3. The zero-order valence-corrected chi connectivity index (χ0v) is 11.3. The predicted octanol–water partition coefficient (Wildman–Crippen LogP) is 1.53. The summed E-state index contributed by atoms with van der Waals surface area (Å²) < 4.78 is 39.9. The standard InChI is InChI=1S/C10H19N2O2.BF4/c1-12(2,3)8-4-7-11-9(13)5-6-10(11)14;2-1(3,4)5/h4-8H2,1-3H3;/q+1;-1. The molecule has 9 heteroatoms. The Balaban J connectivity index is 0.000000555. The summed E-state index contributed by atoms with van der Waals surface area (Å²) >= 11 is 0. The molecule has 112 valence electrons. The van der Waals surface area contributed by atoms with Crippen LogP contribution in [-0.4, -0.2) is 62.7 Å². The molecule has 1 aliphatic heterocycles. The molecular formula is C10H19BF4N2O2. The van der Waals surface area contributed by atoms with E-state index in [4.69, 9.17) is 0 Å². The van der Waals surface area contributed by atoms with Crippen LogP contribution in [0.3, 0.4) is 0 Å². The SMILES string of the molecule is C[N+](C)(C)CCCN1C(=O)CCC1=O.F[B-](F)(F)F. The minimum absolute atomic E-state index is 0.00332. The number of halogens is 4. The molecule has 0 N–H and O–H groups in total. The van der Waals surface area contributed by atoms with E-state index in [1.807, 2.05) is 0 Å². The molecule has 19 heavy (non-hydrogen) atoms. The van der Waals surface area contributed by atoms with E-state index < -0.39 is 7.25 Å². The number of quaternary nitrogens is 1. The smallest absolute Gasteiger partial charge is 0.418 e. The number of carbonyl (C=O) groups is 2. The van der Waals surface area contributed by atoms with Crippen LogP contribution in [0.2, 0.25) is 0 Å². The Hall–Kier alpha value is -1.12. The summed E-state index contributed by atoms with van der Waals surface area (Å²) in [6.45, 7) is 1.57. The third-order valence-electron chi connectivity index (χ3n) is 2.37. The lowest BCUT2D eigenvalue weighted by molar-refractivity contribution is -0.870. The van der Waals surface area contributed by atoms with Crippen LogP contribution >= 0.6 is 0 Å². The number of hydrogen-bond donors (Lipinski definition) is 0. The van der Waals surface area contributed by atoms with Crippen molar-refractivity contribution < 1.29 is 31.3 Å². The minimum atomic E-state index is -6.00. The fourth-order valence-electron chi connectivity index (χ4n) is 1.58. The quantitative estimate of drug-likeness (QED) is 0.340. The van der Waals surface area contributed by atoms with Crippen LogP contribution in [-0.2, 0) is 9.59 Å². The fraction of sp³-hybridized carbons (Fsp3) is 0.800. The van der Waals surface area contributed by atoms with Gasteiger partial charge in [0, 0.05) is 25.8 Å². The molecule has 4 nitrogen and oxygen atoms in total. The number of carbonyl (C=O) groups excluding carboxylic acids is 2. The predicted molar refractivity (Wildman–Crippen MR) is 63.7 cm³/mol. The van der Waals surface area contributed by atoms with Gasteiger partial charge in [0.15, 0.2) is 0 Å². The average molecular weight is 286 g/mol. The van der Waals surface area contributed by atoms with Crippen molar-refractivity contribution in [2.75, 3.05) is 34.2 Å². The van der Waals surface area contributed by atoms with Gasteiger partial charge in [-0.1, -0.05) is 0 Å². The normalized spacial score (nSPS) is 16.5. The molecule has 1 rings (SSSR count). The molecule has 0 atom stereocenters. The Bertz CT molecular complexity index is 306. The second kappa shape index (κ2) is 6.88. The molecule has 1 saturated heterocycles. The molecule has 0 unspecified atom stereocenters. The first-order valence-electron chi connectivity index (χ1n) is 5.91. The first-order chi connectivity index (χ1) is 8.40. The summed E-state index contributed by atoms with van der Waals surface area (Å²) in [6, 6.07) is 0. The van der Waals surface area contributed by atoms with Gasteiger partial charge in [0.2, 0.25) is 11.8 Å². The van der Waals surface area contributed by atoms with E-state index >= 15 is 0 Å². The maximum atomic E-state index is 11.2. The molecule has 0 spiro atoms. The number of nitrogens with zero attached hydrogens (tertiary/aromatic N) is 2. The van der Waals surface area contributed by atoms with Crippen molar-refractivity contribution in [2.24, 2.45) is 0 Å². The van der Waals surface area contributed by atoms with Gasteiger partial charge in [-0.3, -0.25) is 14.5 Å². The number of amides is 2. The lowest BCUT2D eigenvalue weighted by Gasteiger charge is -2.24. The molecule has 1 aliphatic rings. The van der Waals surface area contributed by atoms with E-state index in [9.17, 15) is 26.9 Å². The largest absolute Gasteiger partial charge is 0.673 e. The zero-order valence-electron chi connectivity index (χ0n) is 11.3. The highest BCUT2D eigenvalue weighted by molar-refractivity contribution is 6.50. The fourth-order valence-corrected chi connectivity index (χ4v) is 1.58. The Morgan fingerprint density at radius 1 is 1.05 bits per heavy atom. The van der Waals surface area contributed by atoms with Gasteiger partial charge in [0.1, 0.15) is 0 Å². The third-order valence-corrected chi connectivity index (χ3v) is 2.37. The van der Waals surface area contributed by atoms with Gasteiger partial charge >= 0.3 is 7.25 Å².